The Bertz CT molecular complexity index is 321. The van der Waals surface area contributed by atoms with Crippen LogP contribution in [0.25, 0.3) is 0 Å². The van der Waals surface area contributed by atoms with Crippen molar-refractivity contribution in [2.24, 2.45) is 0 Å². The lowest BCUT2D eigenvalue weighted by Gasteiger charge is -2.22. The highest BCUT2D eigenvalue weighted by atomic mass is 32.1. The SMILES string of the molecule is CC1(c2csc(C3CCC3)n2)CC1. The van der Waals surface area contributed by atoms with Gasteiger partial charge in [-0.1, -0.05) is 13.3 Å². The fraction of sp³-hybridized carbons (Fsp3) is 0.727. The summed E-state index contributed by atoms with van der Waals surface area (Å²) in [5.41, 5.74) is 1.85. The first-order chi connectivity index (χ1) is 6.28. The van der Waals surface area contributed by atoms with Crippen LogP contribution in [0.4, 0.5) is 0 Å². The third-order valence-corrected chi connectivity index (χ3v) is 4.60. The Balaban J connectivity index is 1.85. The van der Waals surface area contributed by atoms with Crippen LogP contribution in [-0.4, -0.2) is 4.98 Å². The van der Waals surface area contributed by atoms with Gasteiger partial charge in [-0.15, -0.1) is 11.3 Å². The second kappa shape index (κ2) is 2.57. The van der Waals surface area contributed by atoms with Gasteiger partial charge in [-0.05, 0) is 25.7 Å². The highest BCUT2D eigenvalue weighted by Crippen LogP contribution is 2.49. The molecule has 0 radical (unpaired) electrons. The zero-order chi connectivity index (χ0) is 8.89. The van der Waals surface area contributed by atoms with Crippen molar-refractivity contribution in [2.45, 2.75) is 50.4 Å². The van der Waals surface area contributed by atoms with E-state index in [-0.39, 0.29) is 0 Å². The number of aromatic nitrogens is 1. The number of rotatable bonds is 2. The van der Waals surface area contributed by atoms with E-state index in [9.17, 15) is 0 Å². The van der Waals surface area contributed by atoms with Crippen molar-refractivity contribution >= 4 is 11.3 Å². The molecule has 0 N–H and O–H groups in total. The summed E-state index contributed by atoms with van der Waals surface area (Å²) < 4.78 is 0. The van der Waals surface area contributed by atoms with Crippen molar-refractivity contribution in [2.75, 3.05) is 0 Å². The molecule has 0 aliphatic heterocycles. The zero-order valence-electron chi connectivity index (χ0n) is 8.05. The Hall–Kier alpha value is -0.370. The van der Waals surface area contributed by atoms with Crippen LogP contribution in [0.1, 0.15) is 55.6 Å². The van der Waals surface area contributed by atoms with Gasteiger partial charge < -0.3 is 0 Å². The molecule has 0 unspecified atom stereocenters. The molecule has 2 heteroatoms. The molecule has 1 nitrogen and oxygen atoms in total. The van der Waals surface area contributed by atoms with E-state index in [0.29, 0.717) is 5.41 Å². The normalized spacial score (nSPS) is 25.6. The molecule has 2 fully saturated rings. The third kappa shape index (κ3) is 1.23. The maximum absolute atomic E-state index is 4.78. The fourth-order valence-electron chi connectivity index (χ4n) is 1.85. The molecule has 3 rings (SSSR count). The van der Waals surface area contributed by atoms with Crippen molar-refractivity contribution in [3.05, 3.63) is 16.1 Å². The molecule has 2 aliphatic carbocycles. The van der Waals surface area contributed by atoms with Crippen LogP contribution < -0.4 is 0 Å². The first-order valence-corrected chi connectivity index (χ1v) is 6.12. The van der Waals surface area contributed by atoms with E-state index in [4.69, 9.17) is 4.98 Å². The van der Waals surface area contributed by atoms with Crippen LogP contribution in [0.5, 0.6) is 0 Å². The second-order valence-corrected chi connectivity index (χ2v) is 5.65. The van der Waals surface area contributed by atoms with Crippen LogP contribution in [0, 0.1) is 0 Å². The average molecular weight is 193 g/mol. The summed E-state index contributed by atoms with van der Waals surface area (Å²) in [6, 6.07) is 0. The zero-order valence-corrected chi connectivity index (χ0v) is 8.86. The molecule has 2 saturated carbocycles. The van der Waals surface area contributed by atoms with Crippen LogP contribution in [0.2, 0.25) is 0 Å². The summed E-state index contributed by atoms with van der Waals surface area (Å²) >= 11 is 1.89. The topological polar surface area (TPSA) is 12.9 Å². The summed E-state index contributed by atoms with van der Waals surface area (Å²) in [6.07, 6.45) is 6.87. The molecule has 1 aromatic heterocycles. The molecule has 0 spiro atoms. The molecular formula is C11H15NS. The highest BCUT2D eigenvalue weighted by Gasteiger charge is 2.41. The van der Waals surface area contributed by atoms with Crippen molar-refractivity contribution in [1.29, 1.82) is 0 Å². The van der Waals surface area contributed by atoms with Gasteiger partial charge in [0.15, 0.2) is 0 Å². The van der Waals surface area contributed by atoms with E-state index in [0.717, 1.165) is 5.92 Å². The van der Waals surface area contributed by atoms with Crippen LogP contribution in [0.3, 0.4) is 0 Å². The van der Waals surface area contributed by atoms with Gasteiger partial charge in [0, 0.05) is 16.7 Å². The number of thiazole rings is 1. The maximum atomic E-state index is 4.78. The van der Waals surface area contributed by atoms with Gasteiger partial charge in [0.25, 0.3) is 0 Å². The molecule has 0 bridgehead atoms. The largest absolute Gasteiger partial charge is 0.245 e. The minimum atomic E-state index is 0.471. The molecule has 13 heavy (non-hydrogen) atoms. The predicted octanol–water partition coefficient (Wildman–Crippen LogP) is 3.46. The van der Waals surface area contributed by atoms with E-state index >= 15 is 0 Å². The summed E-state index contributed by atoms with van der Waals surface area (Å²) in [6.45, 7) is 2.34. The molecule has 0 saturated heterocycles. The Morgan fingerprint density at radius 1 is 1.46 bits per heavy atom. The third-order valence-electron chi connectivity index (χ3n) is 3.59. The van der Waals surface area contributed by atoms with Gasteiger partial charge in [0.1, 0.15) is 0 Å². The van der Waals surface area contributed by atoms with Gasteiger partial charge in [-0.3, -0.25) is 0 Å². The molecule has 0 atom stereocenters. The quantitative estimate of drug-likeness (QED) is 0.701. The van der Waals surface area contributed by atoms with Crippen LogP contribution >= 0.6 is 11.3 Å². The smallest absolute Gasteiger partial charge is 0.0959 e. The molecule has 2 aliphatic rings. The van der Waals surface area contributed by atoms with Crippen molar-refractivity contribution in [3.63, 3.8) is 0 Å². The lowest BCUT2D eigenvalue weighted by molar-refractivity contribution is 0.417. The Morgan fingerprint density at radius 2 is 2.23 bits per heavy atom. The van der Waals surface area contributed by atoms with Gasteiger partial charge in [-0.25, -0.2) is 4.98 Å². The molecule has 1 heterocycles. The lowest BCUT2D eigenvalue weighted by Crippen LogP contribution is -2.09. The van der Waals surface area contributed by atoms with Gasteiger partial charge >= 0.3 is 0 Å². The summed E-state index contributed by atoms with van der Waals surface area (Å²) in [7, 11) is 0. The number of hydrogen-bond donors (Lipinski definition) is 0. The highest BCUT2D eigenvalue weighted by molar-refractivity contribution is 7.09. The Kier molecular flexibility index (Phi) is 1.58. The predicted molar refractivity (Wildman–Crippen MR) is 55.3 cm³/mol. The molecule has 0 amide bonds. The average Bonchev–Trinajstić information content (AvgIpc) is 2.61. The monoisotopic (exact) mass is 193 g/mol. The minimum absolute atomic E-state index is 0.471. The molecular weight excluding hydrogens is 178 g/mol. The minimum Gasteiger partial charge on any atom is -0.245 e. The van der Waals surface area contributed by atoms with E-state index in [1.54, 1.807) is 0 Å². The standard InChI is InChI=1S/C11H15NS/c1-11(5-6-11)9-7-13-10(12-9)8-3-2-4-8/h7-8H,2-6H2,1H3. The summed E-state index contributed by atoms with van der Waals surface area (Å²) in [5.74, 6) is 0.820. The summed E-state index contributed by atoms with van der Waals surface area (Å²) in [4.78, 5) is 4.78. The van der Waals surface area contributed by atoms with E-state index in [2.05, 4.69) is 12.3 Å². The second-order valence-electron chi connectivity index (χ2n) is 4.76. The number of nitrogens with zero attached hydrogens (tertiary/aromatic N) is 1. The van der Waals surface area contributed by atoms with Crippen molar-refractivity contribution in [1.82, 2.24) is 4.98 Å². The molecule has 1 aromatic rings. The molecule has 70 valence electrons. The maximum Gasteiger partial charge on any atom is 0.0959 e. The van der Waals surface area contributed by atoms with E-state index < -0.39 is 0 Å². The van der Waals surface area contributed by atoms with Crippen LogP contribution in [0.15, 0.2) is 5.38 Å². The first kappa shape index (κ1) is 7.98. The number of hydrogen-bond acceptors (Lipinski definition) is 2. The first-order valence-electron chi connectivity index (χ1n) is 5.24. The van der Waals surface area contributed by atoms with E-state index in [1.807, 2.05) is 11.3 Å². The van der Waals surface area contributed by atoms with Gasteiger partial charge in [0.05, 0.1) is 10.7 Å². The van der Waals surface area contributed by atoms with Gasteiger partial charge in [-0.2, -0.15) is 0 Å². The lowest BCUT2D eigenvalue weighted by atomic mass is 9.86. The van der Waals surface area contributed by atoms with Crippen LogP contribution in [-0.2, 0) is 5.41 Å². The van der Waals surface area contributed by atoms with Gasteiger partial charge in [0.2, 0.25) is 0 Å². The molecule has 0 aromatic carbocycles. The Morgan fingerprint density at radius 3 is 2.77 bits per heavy atom. The summed E-state index contributed by atoms with van der Waals surface area (Å²) in [5, 5.41) is 3.70. The van der Waals surface area contributed by atoms with Crippen molar-refractivity contribution < 1.29 is 0 Å². The van der Waals surface area contributed by atoms with Crippen molar-refractivity contribution in [3.8, 4) is 0 Å². The Labute approximate surface area is 83.2 Å². The fourth-order valence-corrected chi connectivity index (χ4v) is 3.00. The van der Waals surface area contributed by atoms with E-state index in [1.165, 1.54) is 42.8 Å².